The van der Waals surface area contributed by atoms with Gasteiger partial charge in [-0.05, 0) is 39.5 Å². The molecule has 0 fully saturated rings. The van der Waals surface area contributed by atoms with Gasteiger partial charge in [-0.3, -0.25) is 9.48 Å². The molecule has 0 atom stereocenters. The lowest BCUT2D eigenvalue weighted by Crippen LogP contribution is -1.94. The quantitative estimate of drug-likeness (QED) is 0.644. The van der Waals surface area contributed by atoms with E-state index >= 15 is 0 Å². The van der Waals surface area contributed by atoms with Crippen molar-refractivity contribution in [2.24, 2.45) is 7.05 Å². The highest BCUT2D eigenvalue weighted by molar-refractivity contribution is 9.10. The fourth-order valence-corrected chi connectivity index (χ4v) is 2.39. The molecular weight excluding hydrogens is 288 g/mol. The van der Waals surface area contributed by atoms with Crippen molar-refractivity contribution in [3.63, 3.8) is 0 Å². The Hall–Kier alpha value is -1.20. The van der Waals surface area contributed by atoms with Crippen molar-refractivity contribution in [3.8, 4) is 0 Å². The lowest BCUT2D eigenvalue weighted by atomic mass is 10.2. The number of allylic oxidation sites excluding steroid dienone is 1. The molecule has 3 nitrogen and oxygen atoms in total. The van der Waals surface area contributed by atoms with E-state index in [4.69, 9.17) is 0 Å². The number of rotatable bonds is 3. The van der Waals surface area contributed by atoms with Gasteiger partial charge in [0.05, 0.1) is 21.2 Å². The maximum atomic E-state index is 11.7. The van der Waals surface area contributed by atoms with Gasteiger partial charge in [0.15, 0.2) is 5.78 Å². The summed E-state index contributed by atoms with van der Waals surface area (Å²) < 4.78 is 2.59. The summed E-state index contributed by atoms with van der Waals surface area (Å²) in [4.78, 5) is 12.4. The van der Waals surface area contributed by atoms with E-state index in [-0.39, 0.29) is 5.78 Å². The first-order valence-corrected chi connectivity index (χ1v) is 6.29. The fraction of sp³-hybridized carbons (Fsp3) is 0.0909. The Balaban J connectivity index is 2.19. The first-order chi connectivity index (χ1) is 7.68. The Bertz CT molecular complexity index is 509. The molecule has 0 spiro atoms. The topological polar surface area (TPSA) is 34.9 Å². The lowest BCUT2D eigenvalue weighted by molar-refractivity contribution is 0.105. The molecular formula is C11H9BrN2OS. The van der Waals surface area contributed by atoms with Gasteiger partial charge in [0.25, 0.3) is 0 Å². The van der Waals surface area contributed by atoms with Crippen molar-refractivity contribution in [3.05, 3.63) is 44.8 Å². The second-order valence-corrected chi connectivity index (χ2v) is 4.98. The van der Waals surface area contributed by atoms with Crippen LogP contribution in [0.3, 0.4) is 0 Å². The first kappa shape index (κ1) is 11.3. The van der Waals surface area contributed by atoms with Gasteiger partial charge >= 0.3 is 0 Å². The van der Waals surface area contributed by atoms with E-state index in [1.165, 1.54) is 11.3 Å². The number of aromatic nitrogens is 2. The number of carbonyl (C=O) groups is 1. The molecule has 16 heavy (non-hydrogen) atoms. The van der Waals surface area contributed by atoms with Crippen molar-refractivity contribution >= 4 is 39.1 Å². The zero-order valence-corrected chi connectivity index (χ0v) is 11.0. The summed E-state index contributed by atoms with van der Waals surface area (Å²) >= 11 is 4.81. The van der Waals surface area contributed by atoms with E-state index in [0.29, 0.717) is 0 Å². The monoisotopic (exact) mass is 296 g/mol. The molecule has 2 aromatic rings. The number of hydrogen-bond acceptors (Lipinski definition) is 3. The molecule has 0 amide bonds. The number of halogens is 1. The summed E-state index contributed by atoms with van der Waals surface area (Å²) in [5, 5.41) is 5.96. The molecule has 0 aliphatic rings. The highest BCUT2D eigenvalue weighted by Gasteiger charge is 2.05. The molecule has 0 saturated carbocycles. The SMILES string of the molecule is Cn1ncc(Br)c1/C=C/C(=O)c1cccs1. The maximum Gasteiger partial charge on any atom is 0.195 e. The van der Waals surface area contributed by atoms with Crippen LogP contribution in [0.4, 0.5) is 0 Å². The third-order valence-corrected chi connectivity index (χ3v) is 3.59. The van der Waals surface area contributed by atoms with Crippen molar-refractivity contribution in [1.29, 1.82) is 0 Å². The maximum absolute atomic E-state index is 11.7. The van der Waals surface area contributed by atoms with Crippen LogP contribution in [0.25, 0.3) is 6.08 Å². The smallest absolute Gasteiger partial charge is 0.195 e. The van der Waals surface area contributed by atoms with Crippen LogP contribution < -0.4 is 0 Å². The Morgan fingerprint density at radius 2 is 2.44 bits per heavy atom. The second-order valence-electron chi connectivity index (χ2n) is 3.18. The zero-order valence-electron chi connectivity index (χ0n) is 8.55. The Morgan fingerprint density at radius 3 is 3.00 bits per heavy atom. The van der Waals surface area contributed by atoms with E-state index < -0.39 is 0 Å². The molecule has 0 aromatic carbocycles. The summed E-state index contributed by atoms with van der Waals surface area (Å²) in [7, 11) is 1.83. The largest absolute Gasteiger partial charge is 0.288 e. The molecule has 0 aliphatic heterocycles. The number of hydrogen-bond donors (Lipinski definition) is 0. The van der Waals surface area contributed by atoms with E-state index in [1.54, 1.807) is 23.0 Å². The third kappa shape index (κ3) is 2.31. The standard InChI is InChI=1S/C11H9BrN2OS/c1-14-9(8(12)7-13-14)4-5-10(15)11-3-2-6-16-11/h2-7H,1H3/b5-4+. The number of thiophene rings is 1. The highest BCUT2D eigenvalue weighted by Crippen LogP contribution is 2.17. The molecule has 82 valence electrons. The van der Waals surface area contributed by atoms with Crippen molar-refractivity contribution in [2.75, 3.05) is 0 Å². The van der Waals surface area contributed by atoms with Gasteiger partial charge in [-0.25, -0.2) is 0 Å². The minimum Gasteiger partial charge on any atom is -0.288 e. The van der Waals surface area contributed by atoms with Gasteiger partial charge in [0.2, 0.25) is 0 Å². The lowest BCUT2D eigenvalue weighted by Gasteiger charge is -1.94. The van der Waals surface area contributed by atoms with Gasteiger partial charge in [-0.1, -0.05) is 6.07 Å². The Labute approximate surface area is 106 Å². The van der Waals surface area contributed by atoms with Crippen LogP contribution in [-0.4, -0.2) is 15.6 Å². The summed E-state index contributed by atoms with van der Waals surface area (Å²) in [6.45, 7) is 0. The molecule has 0 saturated heterocycles. The molecule has 2 aromatic heterocycles. The average molecular weight is 297 g/mol. The summed E-state index contributed by atoms with van der Waals surface area (Å²) in [5.41, 5.74) is 0.880. The molecule has 0 aliphatic carbocycles. The molecule has 0 radical (unpaired) electrons. The number of nitrogens with zero attached hydrogens (tertiary/aromatic N) is 2. The molecule has 2 rings (SSSR count). The zero-order chi connectivity index (χ0) is 11.5. The van der Waals surface area contributed by atoms with E-state index in [0.717, 1.165) is 15.0 Å². The molecule has 2 heterocycles. The average Bonchev–Trinajstić information content (AvgIpc) is 2.87. The van der Waals surface area contributed by atoms with Crippen molar-refractivity contribution in [2.45, 2.75) is 0 Å². The van der Waals surface area contributed by atoms with Crippen LogP contribution in [0, 0.1) is 0 Å². The number of carbonyl (C=O) groups excluding carboxylic acids is 1. The minimum absolute atomic E-state index is 0.0168. The predicted octanol–water partition coefficient (Wildman–Crippen LogP) is 3.14. The second kappa shape index (κ2) is 4.76. The predicted molar refractivity (Wildman–Crippen MR) is 68.6 cm³/mol. The normalized spacial score (nSPS) is 11.1. The summed E-state index contributed by atoms with van der Waals surface area (Å²) in [6, 6.07) is 3.68. The molecule has 0 bridgehead atoms. The van der Waals surface area contributed by atoms with E-state index in [2.05, 4.69) is 21.0 Å². The summed E-state index contributed by atoms with van der Waals surface area (Å²) in [5.74, 6) is 0.0168. The van der Waals surface area contributed by atoms with Crippen LogP contribution >= 0.6 is 27.3 Å². The van der Waals surface area contributed by atoms with Crippen molar-refractivity contribution in [1.82, 2.24) is 9.78 Å². The highest BCUT2D eigenvalue weighted by atomic mass is 79.9. The Kier molecular flexibility index (Phi) is 3.36. The first-order valence-electron chi connectivity index (χ1n) is 4.62. The summed E-state index contributed by atoms with van der Waals surface area (Å²) in [6.07, 6.45) is 5.03. The van der Waals surface area contributed by atoms with Gasteiger partial charge in [-0.2, -0.15) is 5.10 Å². The van der Waals surface area contributed by atoms with Crippen LogP contribution in [0.1, 0.15) is 15.4 Å². The number of aryl methyl sites for hydroxylation is 1. The molecule has 0 unspecified atom stereocenters. The van der Waals surface area contributed by atoms with Gasteiger partial charge in [0, 0.05) is 7.05 Å². The van der Waals surface area contributed by atoms with E-state index in [9.17, 15) is 4.79 Å². The molecule has 0 N–H and O–H groups in total. The van der Waals surface area contributed by atoms with Crippen LogP contribution in [0.5, 0.6) is 0 Å². The fourth-order valence-electron chi connectivity index (χ4n) is 1.26. The number of ketones is 1. The van der Waals surface area contributed by atoms with Crippen LogP contribution in [0.15, 0.2) is 34.3 Å². The Morgan fingerprint density at radius 1 is 1.62 bits per heavy atom. The van der Waals surface area contributed by atoms with Crippen molar-refractivity contribution < 1.29 is 4.79 Å². The van der Waals surface area contributed by atoms with E-state index in [1.807, 2.05) is 24.6 Å². The van der Waals surface area contributed by atoms with Gasteiger partial charge in [0.1, 0.15) is 0 Å². The van der Waals surface area contributed by atoms with Crippen LogP contribution in [0.2, 0.25) is 0 Å². The van der Waals surface area contributed by atoms with Gasteiger partial charge < -0.3 is 0 Å². The molecule has 5 heteroatoms. The van der Waals surface area contributed by atoms with Crippen LogP contribution in [-0.2, 0) is 7.05 Å². The van der Waals surface area contributed by atoms with Gasteiger partial charge in [-0.15, -0.1) is 11.3 Å². The third-order valence-electron chi connectivity index (χ3n) is 2.09. The minimum atomic E-state index is 0.0168.